The molecule has 0 radical (unpaired) electrons. The number of esters is 2. The van der Waals surface area contributed by atoms with Crippen molar-refractivity contribution in [3.8, 4) is 0 Å². The van der Waals surface area contributed by atoms with Crippen LogP contribution in [0.2, 0.25) is 0 Å². The van der Waals surface area contributed by atoms with E-state index in [-0.39, 0.29) is 11.9 Å². The second-order valence-electron chi connectivity index (χ2n) is 9.93. The van der Waals surface area contributed by atoms with Crippen LogP contribution in [0.1, 0.15) is 156 Å². The van der Waals surface area contributed by atoms with Crippen molar-refractivity contribution in [2.45, 2.75) is 156 Å². The lowest BCUT2D eigenvalue weighted by Gasteiger charge is -2.11. The highest BCUT2D eigenvalue weighted by atomic mass is 16.5. The van der Waals surface area contributed by atoms with Crippen LogP contribution in [0.4, 0.5) is 0 Å². The highest BCUT2D eigenvalue weighted by molar-refractivity contribution is 5.69. The molecule has 0 rings (SSSR count). The second-order valence-corrected chi connectivity index (χ2v) is 9.93. The predicted molar refractivity (Wildman–Crippen MR) is 139 cm³/mol. The standard InChI is InChI=1S/C29H56O4/c1-4-6-25-32-28(30)22-20-18-16-14-12-10-8-9-11-13-15-17-19-21-27(3)23-24-29(31)33-26-7-5-2/h27H,4-26H2,1-3H3. The first kappa shape index (κ1) is 31.9. The van der Waals surface area contributed by atoms with Crippen LogP contribution in [-0.4, -0.2) is 25.2 Å². The lowest BCUT2D eigenvalue weighted by atomic mass is 9.97. The molecule has 0 aliphatic heterocycles. The fraction of sp³-hybridized carbons (Fsp3) is 0.931. The van der Waals surface area contributed by atoms with Crippen molar-refractivity contribution in [2.24, 2.45) is 5.92 Å². The Morgan fingerprint density at radius 2 is 0.909 bits per heavy atom. The molecule has 0 saturated heterocycles. The summed E-state index contributed by atoms with van der Waals surface area (Å²) in [5.41, 5.74) is 0. The average molecular weight is 469 g/mol. The number of hydrogen-bond acceptors (Lipinski definition) is 4. The molecule has 0 heterocycles. The Labute approximate surface area is 206 Å². The van der Waals surface area contributed by atoms with Crippen molar-refractivity contribution in [3.63, 3.8) is 0 Å². The summed E-state index contributed by atoms with van der Waals surface area (Å²) in [5.74, 6) is 0.594. The minimum Gasteiger partial charge on any atom is -0.466 e. The molecule has 0 bridgehead atoms. The number of hydrogen-bond donors (Lipinski definition) is 0. The summed E-state index contributed by atoms with van der Waals surface area (Å²) in [6.07, 6.45) is 24.3. The molecular weight excluding hydrogens is 412 g/mol. The van der Waals surface area contributed by atoms with E-state index in [0.29, 0.717) is 32.0 Å². The van der Waals surface area contributed by atoms with Crippen LogP contribution in [0.15, 0.2) is 0 Å². The van der Waals surface area contributed by atoms with Gasteiger partial charge in [0.25, 0.3) is 0 Å². The lowest BCUT2D eigenvalue weighted by Crippen LogP contribution is -2.07. The van der Waals surface area contributed by atoms with E-state index in [4.69, 9.17) is 9.47 Å². The maximum Gasteiger partial charge on any atom is 0.305 e. The molecule has 0 aliphatic rings. The molecule has 33 heavy (non-hydrogen) atoms. The third-order valence-electron chi connectivity index (χ3n) is 6.44. The molecule has 0 N–H and O–H groups in total. The van der Waals surface area contributed by atoms with Crippen molar-refractivity contribution >= 4 is 11.9 Å². The Hall–Kier alpha value is -1.06. The Morgan fingerprint density at radius 1 is 0.515 bits per heavy atom. The van der Waals surface area contributed by atoms with Crippen LogP contribution in [0, 0.1) is 5.92 Å². The van der Waals surface area contributed by atoms with E-state index in [1.807, 2.05) is 0 Å². The van der Waals surface area contributed by atoms with Gasteiger partial charge in [0.2, 0.25) is 0 Å². The third kappa shape index (κ3) is 25.4. The van der Waals surface area contributed by atoms with Crippen LogP contribution >= 0.6 is 0 Å². The molecule has 196 valence electrons. The van der Waals surface area contributed by atoms with Gasteiger partial charge in [-0.05, 0) is 31.6 Å². The second kappa shape index (κ2) is 25.6. The van der Waals surface area contributed by atoms with Crippen molar-refractivity contribution in [1.82, 2.24) is 0 Å². The minimum atomic E-state index is -0.0185. The smallest absolute Gasteiger partial charge is 0.305 e. The summed E-state index contributed by atoms with van der Waals surface area (Å²) >= 11 is 0. The molecule has 0 amide bonds. The lowest BCUT2D eigenvalue weighted by molar-refractivity contribution is -0.144. The molecule has 0 saturated carbocycles. The molecule has 0 aliphatic carbocycles. The molecule has 0 fully saturated rings. The van der Waals surface area contributed by atoms with E-state index in [9.17, 15) is 9.59 Å². The quantitative estimate of drug-likeness (QED) is 0.0991. The van der Waals surface area contributed by atoms with Gasteiger partial charge in [0.15, 0.2) is 0 Å². The van der Waals surface area contributed by atoms with Gasteiger partial charge < -0.3 is 9.47 Å². The molecule has 1 unspecified atom stereocenters. The van der Waals surface area contributed by atoms with Crippen molar-refractivity contribution in [3.05, 3.63) is 0 Å². The van der Waals surface area contributed by atoms with Crippen LogP contribution in [0.25, 0.3) is 0 Å². The molecule has 0 aromatic rings. The normalized spacial score (nSPS) is 12.0. The Balaban J connectivity index is 3.25. The fourth-order valence-electron chi connectivity index (χ4n) is 4.02. The molecular formula is C29H56O4. The van der Waals surface area contributed by atoms with Crippen molar-refractivity contribution < 1.29 is 19.1 Å². The molecule has 4 heteroatoms. The highest BCUT2D eigenvalue weighted by Gasteiger charge is 2.08. The summed E-state index contributed by atoms with van der Waals surface area (Å²) in [4.78, 5) is 23.2. The first-order valence-corrected chi connectivity index (χ1v) is 14.4. The number of carbonyl (C=O) groups excluding carboxylic acids is 2. The molecule has 0 spiro atoms. The fourth-order valence-corrected chi connectivity index (χ4v) is 4.02. The van der Waals surface area contributed by atoms with E-state index in [0.717, 1.165) is 44.9 Å². The SMILES string of the molecule is CCCCOC(=O)CCCCCCCCCCCCCCCC(C)CCC(=O)OCCCC. The predicted octanol–water partition coefficient (Wildman–Crippen LogP) is 8.94. The number of unbranched alkanes of at least 4 members (excludes halogenated alkanes) is 14. The molecule has 0 aromatic carbocycles. The number of ether oxygens (including phenoxy) is 2. The van der Waals surface area contributed by atoms with Crippen LogP contribution < -0.4 is 0 Å². The average Bonchev–Trinajstić information content (AvgIpc) is 2.80. The van der Waals surface area contributed by atoms with Gasteiger partial charge in [0.1, 0.15) is 0 Å². The van der Waals surface area contributed by atoms with Gasteiger partial charge in [-0.1, -0.05) is 117 Å². The summed E-state index contributed by atoms with van der Waals surface area (Å²) < 4.78 is 10.4. The molecule has 1 atom stereocenters. The van der Waals surface area contributed by atoms with E-state index < -0.39 is 0 Å². The van der Waals surface area contributed by atoms with Gasteiger partial charge in [0, 0.05) is 12.8 Å². The van der Waals surface area contributed by atoms with Crippen molar-refractivity contribution in [1.29, 1.82) is 0 Å². The van der Waals surface area contributed by atoms with Gasteiger partial charge in [-0.15, -0.1) is 0 Å². The van der Waals surface area contributed by atoms with E-state index in [1.165, 1.54) is 77.0 Å². The largest absolute Gasteiger partial charge is 0.466 e. The van der Waals surface area contributed by atoms with E-state index in [2.05, 4.69) is 20.8 Å². The van der Waals surface area contributed by atoms with E-state index >= 15 is 0 Å². The summed E-state index contributed by atoms with van der Waals surface area (Å²) in [5, 5.41) is 0. The Bertz CT molecular complexity index is 435. The summed E-state index contributed by atoms with van der Waals surface area (Å²) in [6, 6.07) is 0. The zero-order chi connectivity index (χ0) is 24.4. The van der Waals surface area contributed by atoms with Crippen LogP contribution in [-0.2, 0) is 19.1 Å². The third-order valence-corrected chi connectivity index (χ3v) is 6.44. The maximum atomic E-state index is 11.6. The first-order chi connectivity index (χ1) is 16.1. The Kier molecular flexibility index (Phi) is 24.7. The zero-order valence-electron chi connectivity index (χ0n) is 22.5. The topological polar surface area (TPSA) is 52.6 Å². The molecule has 4 nitrogen and oxygen atoms in total. The van der Waals surface area contributed by atoms with Crippen LogP contribution in [0.5, 0.6) is 0 Å². The monoisotopic (exact) mass is 468 g/mol. The Morgan fingerprint density at radius 3 is 1.36 bits per heavy atom. The summed E-state index contributed by atoms with van der Waals surface area (Å²) in [6.45, 7) is 7.66. The van der Waals surface area contributed by atoms with Gasteiger partial charge in [-0.3, -0.25) is 9.59 Å². The van der Waals surface area contributed by atoms with Gasteiger partial charge in [-0.25, -0.2) is 0 Å². The van der Waals surface area contributed by atoms with E-state index in [1.54, 1.807) is 0 Å². The van der Waals surface area contributed by atoms with Gasteiger partial charge in [0.05, 0.1) is 13.2 Å². The van der Waals surface area contributed by atoms with Crippen LogP contribution in [0.3, 0.4) is 0 Å². The van der Waals surface area contributed by atoms with Crippen molar-refractivity contribution in [2.75, 3.05) is 13.2 Å². The molecule has 0 aromatic heterocycles. The minimum absolute atomic E-state index is 0.0160. The first-order valence-electron chi connectivity index (χ1n) is 14.4. The number of rotatable bonds is 25. The van der Waals surface area contributed by atoms with Gasteiger partial charge in [-0.2, -0.15) is 0 Å². The number of carbonyl (C=O) groups is 2. The van der Waals surface area contributed by atoms with Gasteiger partial charge >= 0.3 is 11.9 Å². The highest BCUT2D eigenvalue weighted by Crippen LogP contribution is 2.17. The summed E-state index contributed by atoms with van der Waals surface area (Å²) in [7, 11) is 0. The maximum absolute atomic E-state index is 11.6. The zero-order valence-corrected chi connectivity index (χ0v) is 22.5.